The normalized spacial score (nSPS) is 16.1. The lowest BCUT2D eigenvalue weighted by Crippen LogP contribution is -2.64. The first-order valence-electron chi connectivity index (χ1n) is 38.1. The number of esters is 3. The predicted molar refractivity (Wildman–Crippen MR) is 444 cm³/mol. The van der Waals surface area contributed by atoms with Crippen LogP contribution in [0.4, 0.5) is 0 Å². The highest BCUT2D eigenvalue weighted by Gasteiger charge is 2.56. The first kappa shape index (κ1) is 79.5. The summed E-state index contributed by atoms with van der Waals surface area (Å²) >= 11 is 7.64. The van der Waals surface area contributed by atoms with Crippen molar-refractivity contribution >= 4 is 49.8 Å². The van der Waals surface area contributed by atoms with Crippen molar-refractivity contribution in [3.05, 3.63) is 409 Å². The molecule has 0 bridgehead atoms. The van der Waals surface area contributed by atoms with Gasteiger partial charge < -0.3 is 71.1 Å². The van der Waals surface area contributed by atoms with E-state index in [0.717, 1.165) is 50.1 Å². The third-order valence-electron chi connectivity index (χ3n) is 19.1. The minimum absolute atomic E-state index is 0.00119. The van der Waals surface area contributed by atoms with Crippen LogP contribution in [-0.2, 0) is 87.9 Å². The fraction of sp³-hybridized carbons (Fsp3) is 0.165. The largest absolute Gasteiger partial charge is 0.485 e. The molecule has 13 aromatic carbocycles. The number of rotatable bonds is 34. The summed E-state index contributed by atoms with van der Waals surface area (Å²) in [6, 6.07) is 101. The van der Waals surface area contributed by atoms with E-state index in [2.05, 4.69) is 31.9 Å². The van der Waals surface area contributed by atoms with Crippen molar-refractivity contribution in [3.63, 3.8) is 0 Å². The Labute approximate surface area is 694 Å². The van der Waals surface area contributed by atoms with Gasteiger partial charge in [-0.05, 0) is 106 Å². The summed E-state index contributed by atoms with van der Waals surface area (Å²) in [7, 11) is 0. The number of benzene rings is 13. The standard InChI is InChI=1S/C97H80Br2O18/c98-83-76(53-80(105-57-67-35-15-3-16-36-67)86(108-60-70-41-21-6-22-42-70)89(83)110-62-72-45-25-8-26-46-72)94(101)114-91-88-82(64-112-96(116-88)74-49-29-10-30-50-74)113-97(117-93(100)75-51-78(103-55-65-31-11-1-12-32-65)85(107-59-69-39-19-5-20-40-69)79(52-75)104-56-66-33-13-2-14-34-66)92(91)115-95(102)77-54-81(106-58-68-37-17-4-18-38-68)87(109-61-71-43-23-7-24-44-71)90(84(77)99)111-63-73-47-27-9-28-48-73/h1-54,82,88,91-92,96-97H,55-64H2/t82-,88-,91+,92-,96-,97-/m1/s1. The number of halogens is 2. The topological polar surface area (TPSA) is 190 Å². The third kappa shape index (κ3) is 20.9. The summed E-state index contributed by atoms with van der Waals surface area (Å²) in [4.78, 5) is 48.8. The number of hydrogen-bond acceptors (Lipinski definition) is 18. The quantitative estimate of drug-likeness (QED) is 0.0273. The summed E-state index contributed by atoms with van der Waals surface area (Å²) in [5.41, 5.74) is 7.49. The number of carbonyl (C=O) groups excluding carboxylic acids is 3. The fourth-order valence-electron chi connectivity index (χ4n) is 13.1. The molecule has 18 nitrogen and oxygen atoms in total. The van der Waals surface area contributed by atoms with Crippen LogP contribution in [0.2, 0.25) is 0 Å². The molecule has 2 heterocycles. The molecule has 6 atom stereocenters. The van der Waals surface area contributed by atoms with Gasteiger partial charge >= 0.3 is 17.9 Å². The van der Waals surface area contributed by atoms with Gasteiger partial charge in [-0.15, -0.1) is 0 Å². The van der Waals surface area contributed by atoms with Gasteiger partial charge in [-0.2, -0.15) is 0 Å². The molecule has 0 radical (unpaired) electrons. The molecule has 2 aliphatic heterocycles. The lowest BCUT2D eigenvalue weighted by atomic mass is 9.96. The summed E-state index contributed by atoms with van der Waals surface area (Å²) in [5.74, 6) is -2.05. The zero-order chi connectivity index (χ0) is 79.9. The van der Waals surface area contributed by atoms with Gasteiger partial charge in [0.1, 0.15) is 71.7 Å². The highest BCUT2D eigenvalue weighted by Crippen LogP contribution is 2.50. The van der Waals surface area contributed by atoms with Crippen LogP contribution in [-0.4, -0.2) is 55.2 Å². The monoisotopic (exact) mass is 1690 g/mol. The molecule has 2 fully saturated rings. The van der Waals surface area contributed by atoms with E-state index in [1.165, 1.54) is 24.3 Å². The highest BCUT2D eigenvalue weighted by molar-refractivity contribution is 9.11. The molecule has 0 amide bonds. The van der Waals surface area contributed by atoms with Gasteiger partial charge in [0.15, 0.2) is 46.9 Å². The second kappa shape index (κ2) is 39.6. The molecule has 0 spiro atoms. The first-order valence-corrected chi connectivity index (χ1v) is 39.7. The average molecular weight is 1690 g/mol. The molecule has 0 unspecified atom stereocenters. The number of fused-ring (bicyclic) bond motifs is 1. The Hall–Kier alpha value is -12.7. The minimum Gasteiger partial charge on any atom is -0.485 e. The van der Waals surface area contributed by atoms with Gasteiger partial charge in [-0.1, -0.05) is 303 Å². The van der Waals surface area contributed by atoms with Crippen LogP contribution in [0.15, 0.2) is 337 Å². The van der Waals surface area contributed by atoms with Gasteiger partial charge in [0, 0.05) is 5.56 Å². The van der Waals surface area contributed by atoms with E-state index in [1.807, 2.05) is 303 Å². The zero-order valence-corrected chi connectivity index (χ0v) is 66.5. The Kier molecular flexibility index (Phi) is 26.9. The minimum atomic E-state index is -1.97. The van der Waals surface area contributed by atoms with E-state index in [-0.39, 0.29) is 143 Å². The van der Waals surface area contributed by atoms with Crippen LogP contribution >= 0.6 is 31.9 Å². The molecule has 0 N–H and O–H groups in total. The maximum Gasteiger partial charge on any atom is 0.340 e. The van der Waals surface area contributed by atoms with E-state index in [0.29, 0.717) is 5.56 Å². The lowest BCUT2D eigenvalue weighted by Gasteiger charge is -2.47. The van der Waals surface area contributed by atoms with Crippen LogP contribution in [0.3, 0.4) is 0 Å². The Morgan fingerprint density at radius 1 is 0.291 bits per heavy atom. The summed E-state index contributed by atoms with van der Waals surface area (Å²) < 4.78 is 102. The SMILES string of the molecule is O=C(O[C@H]1O[C@@H]2CO[C@@H](c3ccccc3)O[C@H]2[C@H](OC(=O)c2cc(OCc3ccccc3)c(OCc3ccccc3)c(OCc3ccccc3)c2Br)[C@H]1OC(=O)c1cc(OCc2ccccc2)c(OCc2ccccc2)c(OCc2ccccc2)c1Br)c1cc(OCc2ccccc2)c(OCc2ccccc2)c(OCc2ccccc2)c1. The molecule has 13 aromatic rings. The maximum absolute atomic E-state index is 16.4. The third-order valence-corrected chi connectivity index (χ3v) is 20.7. The van der Waals surface area contributed by atoms with Crippen LogP contribution < -0.4 is 42.6 Å². The molecule has 590 valence electrons. The van der Waals surface area contributed by atoms with E-state index in [1.54, 1.807) is 0 Å². The lowest BCUT2D eigenvalue weighted by molar-refractivity contribution is -0.351. The average Bonchev–Trinajstić information content (AvgIpc) is 0.755. The molecule has 20 heteroatoms. The summed E-state index contributed by atoms with van der Waals surface area (Å²) in [6.07, 6.45) is -9.41. The number of carbonyl (C=O) groups is 3. The number of hydrogen-bond donors (Lipinski definition) is 0. The van der Waals surface area contributed by atoms with Gasteiger partial charge in [-0.3, -0.25) is 0 Å². The van der Waals surface area contributed by atoms with Crippen molar-refractivity contribution in [1.29, 1.82) is 0 Å². The maximum atomic E-state index is 16.4. The zero-order valence-electron chi connectivity index (χ0n) is 63.3. The summed E-state index contributed by atoms with van der Waals surface area (Å²) in [5, 5.41) is 0. The molecular formula is C97H80Br2O18. The Bertz CT molecular complexity index is 5340. The molecule has 117 heavy (non-hydrogen) atoms. The predicted octanol–water partition coefficient (Wildman–Crippen LogP) is 20.9. The van der Waals surface area contributed by atoms with Gasteiger partial charge in [0.25, 0.3) is 0 Å². The van der Waals surface area contributed by atoms with Crippen molar-refractivity contribution in [2.24, 2.45) is 0 Å². The van der Waals surface area contributed by atoms with Gasteiger partial charge in [-0.25, -0.2) is 14.4 Å². The molecule has 0 aromatic heterocycles. The molecule has 15 rings (SSSR count). The van der Waals surface area contributed by atoms with E-state index in [4.69, 9.17) is 71.1 Å². The molecule has 2 saturated heterocycles. The Morgan fingerprint density at radius 3 is 0.889 bits per heavy atom. The van der Waals surface area contributed by atoms with Crippen LogP contribution in [0, 0.1) is 0 Å². The van der Waals surface area contributed by atoms with E-state index >= 15 is 14.4 Å². The van der Waals surface area contributed by atoms with Crippen LogP contribution in [0.5, 0.6) is 51.7 Å². The van der Waals surface area contributed by atoms with Gasteiger partial charge in [0.2, 0.25) is 29.6 Å². The fourth-order valence-corrected chi connectivity index (χ4v) is 14.2. The summed E-state index contributed by atoms with van der Waals surface area (Å²) in [6.45, 7) is 0.110. The molecule has 2 aliphatic rings. The van der Waals surface area contributed by atoms with Crippen LogP contribution in [0.25, 0.3) is 0 Å². The van der Waals surface area contributed by atoms with Crippen molar-refractivity contribution < 1.29 is 85.4 Å². The van der Waals surface area contributed by atoms with Crippen molar-refractivity contribution in [1.82, 2.24) is 0 Å². The Balaban J connectivity index is 0.878. The highest BCUT2D eigenvalue weighted by atomic mass is 79.9. The molecule has 0 saturated carbocycles. The molecular weight excluding hydrogens is 1610 g/mol. The second-order valence-corrected chi connectivity index (χ2v) is 29.0. The van der Waals surface area contributed by atoms with E-state index in [9.17, 15) is 0 Å². The van der Waals surface area contributed by atoms with Gasteiger partial charge in [0.05, 0.1) is 32.2 Å². The van der Waals surface area contributed by atoms with Crippen LogP contribution in [0.1, 0.15) is 93.0 Å². The molecule has 0 aliphatic carbocycles. The van der Waals surface area contributed by atoms with Crippen molar-refractivity contribution in [3.8, 4) is 51.7 Å². The number of ether oxygens (including phenoxy) is 15. The van der Waals surface area contributed by atoms with Crippen molar-refractivity contribution in [2.45, 2.75) is 96.5 Å². The Morgan fingerprint density at radius 2 is 0.564 bits per heavy atom. The van der Waals surface area contributed by atoms with Crippen molar-refractivity contribution in [2.75, 3.05) is 6.61 Å². The smallest absolute Gasteiger partial charge is 0.340 e. The van der Waals surface area contributed by atoms with E-state index < -0.39 is 54.9 Å². The first-order chi connectivity index (χ1) is 57.6. The second-order valence-electron chi connectivity index (χ2n) is 27.4.